The lowest BCUT2D eigenvalue weighted by molar-refractivity contribution is 0.354. The summed E-state index contributed by atoms with van der Waals surface area (Å²) >= 11 is 0. The molecule has 36 heavy (non-hydrogen) atoms. The molecule has 0 unspecified atom stereocenters. The van der Waals surface area contributed by atoms with E-state index in [2.05, 4.69) is 71.8 Å². The van der Waals surface area contributed by atoms with Crippen molar-refractivity contribution >= 4 is 0 Å². The summed E-state index contributed by atoms with van der Waals surface area (Å²) in [4.78, 5) is 0. The Labute approximate surface area is 214 Å². The average molecular weight is 489 g/mol. The van der Waals surface area contributed by atoms with E-state index in [-0.39, 0.29) is 0 Å². The summed E-state index contributed by atoms with van der Waals surface area (Å²) in [6.07, 6.45) is 3.76. The molecule has 0 N–H and O–H groups in total. The van der Waals surface area contributed by atoms with Gasteiger partial charge in [-0.05, 0) is 85.3 Å². The van der Waals surface area contributed by atoms with Crippen molar-refractivity contribution in [3.63, 3.8) is 0 Å². The molecule has 6 nitrogen and oxygen atoms in total. The predicted octanol–water partition coefficient (Wildman–Crippen LogP) is 5.64. The van der Waals surface area contributed by atoms with Gasteiger partial charge in [0.2, 0.25) is 0 Å². The van der Waals surface area contributed by atoms with E-state index >= 15 is 0 Å². The van der Waals surface area contributed by atoms with Crippen molar-refractivity contribution in [1.82, 2.24) is 9.13 Å². The van der Waals surface area contributed by atoms with Gasteiger partial charge in [-0.1, -0.05) is 12.1 Å². The highest BCUT2D eigenvalue weighted by atomic mass is 16.5. The van der Waals surface area contributed by atoms with Crippen LogP contribution in [0.4, 0.5) is 0 Å². The molecular formula is C30H36N2O4. The minimum absolute atomic E-state index is 0.757. The lowest BCUT2D eigenvalue weighted by atomic mass is 10.1. The van der Waals surface area contributed by atoms with E-state index in [0.717, 1.165) is 48.7 Å². The number of ether oxygens (including phenoxy) is 4. The summed E-state index contributed by atoms with van der Waals surface area (Å²) < 4.78 is 26.2. The number of hydrogen-bond donors (Lipinski definition) is 0. The largest absolute Gasteiger partial charge is 0.493 e. The fourth-order valence-corrected chi connectivity index (χ4v) is 4.74. The third kappa shape index (κ3) is 5.23. The molecule has 2 heterocycles. The summed E-state index contributed by atoms with van der Waals surface area (Å²) in [6.45, 7) is 0. The third-order valence-electron chi connectivity index (χ3n) is 6.95. The number of methoxy groups -OCH3 is 4. The van der Waals surface area contributed by atoms with Crippen molar-refractivity contribution < 1.29 is 18.9 Å². The smallest absolute Gasteiger partial charge is 0.160 e. The maximum absolute atomic E-state index is 5.46. The maximum atomic E-state index is 5.46. The zero-order chi connectivity index (χ0) is 25.7. The van der Waals surface area contributed by atoms with Crippen LogP contribution in [0.1, 0.15) is 22.5 Å². The van der Waals surface area contributed by atoms with Gasteiger partial charge in [-0.15, -0.1) is 0 Å². The van der Waals surface area contributed by atoms with Crippen LogP contribution in [0, 0.1) is 0 Å². The second-order valence-corrected chi connectivity index (χ2v) is 8.92. The van der Waals surface area contributed by atoms with Gasteiger partial charge in [0.1, 0.15) is 0 Å². The Kier molecular flexibility index (Phi) is 7.93. The van der Waals surface area contributed by atoms with E-state index in [1.807, 2.05) is 12.1 Å². The van der Waals surface area contributed by atoms with Crippen LogP contribution in [-0.2, 0) is 39.8 Å². The minimum Gasteiger partial charge on any atom is -0.493 e. The molecule has 0 atom stereocenters. The first kappa shape index (κ1) is 25.3. The van der Waals surface area contributed by atoms with E-state index < -0.39 is 0 Å². The highest BCUT2D eigenvalue weighted by molar-refractivity contribution is 5.58. The third-order valence-corrected chi connectivity index (χ3v) is 6.95. The van der Waals surface area contributed by atoms with Crippen LogP contribution in [-0.4, -0.2) is 37.6 Å². The van der Waals surface area contributed by atoms with E-state index in [1.54, 1.807) is 28.4 Å². The number of benzene rings is 2. The quantitative estimate of drug-likeness (QED) is 0.274. The van der Waals surface area contributed by atoms with E-state index in [9.17, 15) is 0 Å². The van der Waals surface area contributed by atoms with Gasteiger partial charge in [0.05, 0.1) is 39.8 Å². The zero-order valence-corrected chi connectivity index (χ0v) is 22.1. The standard InChI is InChI=1S/C30H36N2O4/c1-31-23(11-7-21-9-17-27(33-3)29(19-21)35-5)13-15-25(31)26-16-14-24(32(26)2)12-8-22-10-18-28(34-4)30(20-22)36-6/h9-10,13-20H,7-8,11-12H2,1-6H3. The summed E-state index contributed by atoms with van der Waals surface area (Å²) in [5.74, 6) is 3.06. The van der Waals surface area contributed by atoms with Gasteiger partial charge in [0, 0.05) is 25.5 Å². The maximum Gasteiger partial charge on any atom is 0.160 e. The normalized spacial score (nSPS) is 10.9. The van der Waals surface area contributed by atoms with Gasteiger partial charge in [0.15, 0.2) is 23.0 Å². The average Bonchev–Trinajstić information content (AvgIpc) is 3.46. The molecule has 0 amide bonds. The van der Waals surface area contributed by atoms with Gasteiger partial charge in [-0.2, -0.15) is 0 Å². The van der Waals surface area contributed by atoms with Crippen LogP contribution in [0.2, 0.25) is 0 Å². The van der Waals surface area contributed by atoms with Crippen LogP contribution < -0.4 is 18.9 Å². The van der Waals surface area contributed by atoms with Crippen molar-refractivity contribution in [2.75, 3.05) is 28.4 Å². The Morgan fingerprint density at radius 2 is 0.861 bits per heavy atom. The Bertz CT molecular complexity index is 1220. The number of hydrogen-bond acceptors (Lipinski definition) is 4. The molecule has 4 aromatic rings. The van der Waals surface area contributed by atoms with E-state index in [0.29, 0.717) is 0 Å². The minimum atomic E-state index is 0.757. The van der Waals surface area contributed by atoms with Gasteiger partial charge < -0.3 is 28.1 Å². The second-order valence-electron chi connectivity index (χ2n) is 8.92. The SMILES string of the molecule is COc1ccc(CCc2ccc(-c3ccc(CCc4ccc(OC)c(OC)c4)n3C)n2C)cc1OC. The molecule has 0 saturated carbocycles. The highest BCUT2D eigenvalue weighted by Crippen LogP contribution is 2.30. The lowest BCUT2D eigenvalue weighted by Gasteiger charge is -2.12. The van der Waals surface area contributed by atoms with Crippen LogP contribution >= 0.6 is 0 Å². The Morgan fingerprint density at radius 1 is 0.472 bits per heavy atom. The molecular weight excluding hydrogens is 452 g/mol. The molecule has 0 aliphatic carbocycles. The number of nitrogens with zero attached hydrogens (tertiary/aromatic N) is 2. The number of aryl methyl sites for hydroxylation is 4. The second kappa shape index (κ2) is 11.3. The fourth-order valence-electron chi connectivity index (χ4n) is 4.74. The van der Waals surface area contributed by atoms with Crippen molar-refractivity contribution in [2.45, 2.75) is 25.7 Å². The molecule has 2 aromatic carbocycles. The molecule has 0 saturated heterocycles. The Balaban J connectivity index is 1.44. The van der Waals surface area contributed by atoms with Crippen molar-refractivity contribution in [3.05, 3.63) is 83.2 Å². The zero-order valence-electron chi connectivity index (χ0n) is 22.1. The van der Waals surface area contributed by atoms with Crippen LogP contribution in [0.25, 0.3) is 11.4 Å². The van der Waals surface area contributed by atoms with Gasteiger partial charge >= 0.3 is 0 Å². The summed E-state index contributed by atoms with van der Waals surface area (Å²) in [7, 11) is 11.0. The first-order valence-corrected chi connectivity index (χ1v) is 12.2. The molecule has 0 aliphatic rings. The molecule has 6 heteroatoms. The van der Waals surface area contributed by atoms with E-state index in [4.69, 9.17) is 18.9 Å². The topological polar surface area (TPSA) is 46.8 Å². The summed E-state index contributed by atoms with van der Waals surface area (Å²) in [5.41, 5.74) is 7.49. The van der Waals surface area contributed by atoms with Crippen molar-refractivity contribution in [3.8, 4) is 34.4 Å². The van der Waals surface area contributed by atoms with Crippen molar-refractivity contribution in [1.29, 1.82) is 0 Å². The highest BCUT2D eigenvalue weighted by Gasteiger charge is 2.13. The van der Waals surface area contributed by atoms with Crippen LogP contribution in [0.5, 0.6) is 23.0 Å². The van der Waals surface area contributed by atoms with Crippen LogP contribution in [0.3, 0.4) is 0 Å². The molecule has 0 fully saturated rings. The monoisotopic (exact) mass is 488 g/mol. The van der Waals surface area contributed by atoms with Gasteiger partial charge in [0.25, 0.3) is 0 Å². The Morgan fingerprint density at radius 3 is 1.22 bits per heavy atom. The van der Waals surface area contributed by atoms with Gasteiger partial charge in [-0.3, -0.25) is 0 Å². The first-order chi connectivity index (χ1) is 17.5. The summed E-state index contributed by atoms with van der Waals surface area (Å²) in [5, 5.41) is 0. The van der Waals surface area contributed by atoms with Gasteiger partial charge in [-0.25, -0.2) is 0 Å². The Hall–Kier alpha value is -3.80. The molecule has 0 bridgehead atoms. The van der Waals surface area contributed by atoms with Crippen molar-refractivity contribution in [2.24, 2.45) is 14.1 Å². The number of aromatic nitrogens is 2. The molecule has 0 radical (unpaired) electrons. The first-order valence-electron chi connectivity index (χ1n) is 12.2. The molecule has 4 rings (SSSR count). The molecule has 2 aromatic heterocycles. The number of rotatable bonds is 11. The lowest BCUT2D eigenvalue weighted by Crippen LogP contribution is -2.05. The summed E-state index contributed by atoms with van der Waals surface area (Å²) in [6, 6.07) is 21.2. The van der Waals surface area contributed by atoms with Crippen LogP contribution in [0.15, 0.2) is 60.7 Å². The molecule has 0 spiro atoms. The predicted molar refractivity (Wildman–Crippen MR) is 144 cm³/mol. The fraction of sp³-hybridized carbons (Fsp3) is 0.333. The molecule has 0 aliphatic heterocycles. The molecule has 190 valence electrons. The van der Waals surface area contributed by atoms with E-state index in [1.165, 1.54) is 33.9 Å².